The van der Waals surface area contributed by atoms with Crippen molar-refractivity contribution in [1.82, 2.24) is 35.1 Å². The molecule has 2 aromatic carbocycles. The number of likely N-dealkylation sites (N-methyl/N-ethyl adjacent to an activating group) is 1. The Hall–Kier alpha value is -6.08. The lowest BCUT2D eigenvalue weighted by Gasteiger charge is -2.37. The predicted molar refractivity (Wildman–Crippen MR) is 257 cm³/mol. The first-order valence-corrected chi connectivity index (χ1v) is 24.1. The number of nitrogens with one attached hydrogen (secondary N) is 2. The maximum absolute atomic E-state index is 14.8. The molecule has 4 aromatic rings. The van der Waals surface area contributed by atoms with E-state index < -0.39 is 53.3 Å². The maximum atomic E-state index is 14.8. The number of carbonyl (C=O) groups is 5. The lowest BCUT2D eigenvalue weighted by molar-refractivity contribution is -0.155. The monoisotopic (exact) mass is 927 g/mol. The number of hydrogen-bond acceptors (Lipinski definition) is 10. The van der Waals surface area contributed by atoms with Crippen LogP contribution >= 0.6 is 0 Å². The summed E-state index contributed by atoms with van der Waals surface area (Å²) in [6.07, 6.45) is 4.36. The van der Waals surface area contributed by atoms with Crippen molar-refractivity contribution in [1.29, 1.82) is 0 Å². The molecule has 8 rings (SSSR count). The van der Waals surface area contributed by atoms with Crippen LogP contribution in [-0.2, 0) is 57.6 Å². The van der Waals surface area contributed by atoms with Crippen molar-refractivity contribution in [2.45, 2.75) is 116 Å². The quantitative estimate of drug-likeness (QED) is 0.159. The van der Waals surface area contributed by atoms with Crippen LogP contribution in [0.2, 0.25) is 0 Å². The largest absolute Gasteiger partial charge is 0.464 e. The number of aromatic nitrogens is 2. The highest BCUT2D eigenvalue weighted by atomic mass is 16.5. The number of esters is 1. The Labute approximate surface area is 399 Å². The number of fused-ring (bicyclic) bond motifs is 6. The fraction of sp³-hybridized carbons (Fsp3) is 0.509. The van der Waals surface area contributed by atoms with Crippen LogP contribution in [0.5, 0.6) is 0 Å². The zero-order chi connectivity index (χ0) is 48.3. The number of ether oxygens (including phenoxy) is 3. The number of benzene rings is 2. The van der Waals surface area contributed by atoms with Crippen molar-refractivity contribution in [3.63, 3.8) is 0 Å². The third-order valence-electron chi connectivity index (χ3n) is 14.0. The van der Waals surface area contributed by atoms with Gasteiger partial charge in [-0.1, -0.05) is 50.1 Å². The van der Waals surface area contributed by atoms with Gasteiger partial charge in [0, 0.05) is 81.4 Å². The molecule has 2 aromatic heterocycles. The van der Waals surface area contributed by atoms with Crippen LogP contribution in [0.4, 0.5) is 0 Å². The van der Waals surface area contributed by atoms with Gasteiger partial charge in [0.25, 0.3) is 11.8 Å². The molecular formula is C53H65N7O8. The standard InChI is InChI=1S/C53H65N7O8/c1-8-14-45(61)58-25-22-37(31-58)50(63)57(6)48(44-19-13-26-67-44)49(62)55-42-28-34-15-10-16-35(27-34)36-20-21-43-39(29-36)40(47(59(43)9-2)38-17-11-23-54-46(38)33(3)66-7)30-53(4,5)32-68-52(65)41-18-12-24-60(56-41)51(42)64/h10-11,15-17,20-21,23,27,29,33,37,41-42,44,48,56H,9,12-13,18-19,22,24-26,28,30-32H2,1-7H3,(H,55,62)/t33-,37-,41-,42-,44?,48?/m0/s1. The van der Waals surface area contributed by atoms with Crippen LogP contribution in [0, 0.1) is 23.2 Å². The summed E-state index contributed by atoms with van der Waals surface area (Å²) in [5.41, 5.74) is 10.4. The second-order valence-electron chi connectivity index (χ2n) is 19.4. The molecule has 4 aliphatic rings. The summed E-state index contributed by atoms with van der Waals surface area (Å²) in [7, 11) is 3.28. The Bertz CT molecular complexity index is 2620. The molecule has 3 fully saturated rings. The molecule has 0 spiro atoms. The molecule has 6 atom stereocenters. The van der Waals surface area contributed by atoms with Gasteiger partial charge in [0.05, 0.1) is 36.1 Å². The van der Waals surface area contributed by atoms with E-state index in [2.05, 4.69) is 84.3 Å². The van der Waals surface area contributed by atoms with Gasteiger partial charge in [0.2, 0.25) is 11.8 Å². The van der Waals surface area contributed by atoms with Crippen molar-refractivity contribution in [2.24, 2.45) is 11.3 Å². The molecule has 15 heteroatoms. The lowest BCUT2D eigenvalue weighted by Crippen LogP contribution is -2.63. The number of hydrogen-bond donors (Lipinski definition) is 2. The maximum Gasteiger partial charge on any atom is 0.324 e. The van der Waals surface area contributed by atoms with Gasteiger partial charge in [-0.05, 0) is 112 Å². The highest BCUT2D eigenvalue weighted by Gasteiger charge is 2.43. The van der Waals surface area contributed by atoms with Gasteiger partial charge in [-0.25, -0.2) is 5.43 Å². The Balaban J connectivity index is 1.18. The molecule has 2 N–H and O–H groups in total. The van der Waals surface area contributed by atoms with E-state index in [9.17, 15) is 24.0 Å². The fourth-order valence-corrected chi connectivity index (χ4v) is 10.4. The second kappa shape index (κ2) is 20.6. The van der Waals surface area contributed by atoms with Gasteiger partial charge in [0.15, 0.2) is 0 Å². The first kappa shape index (κ1) is 48.4. The van der Waals surface area contributed by atoms with Gasteiger partial charge in [-0.15, -0.1) is 0 Å². The van der Waals surface area contributed by atoms with Crippen LogP contribution in [0.15, 0.2) is 60.8 Å². The first-order valence-electron chi connectivity index (χ1n) is 24.1. The minimum atomic E-state index is -1.09. The van der Waals surface area contributed by atoms with Gasteiger partial charge < -0.3 is 33.9 Å². The summed E-state index contributed by atoms with van der Waals surface area (Å²) in [6.45, 7) is 12.1. The third kappa shape index (κ3) is 10.0. The van der Waals surface area contributed by atoms with Gasteiger partial charge >= 0.3 is 5.97 Å². The summed E-state index contributed by atoms with van der Waals surface area (Å²) in [6, 6.07) is 15.7. The van der Waals surface area contributed by atoms with Crippen LogP contribution in [0.25, 0.3) is 33.3 Å². The number of methoxy groups -OCH3 is 1. The van der Waals surface area contributed by atoms with Crippen LogP contribution < -0.4 is 10.7 Å². The number of aryl methyl sites for hydroxylation is 1. The Morgan fingerprint density at radius 1 is 1.04 bits per heavy atom. The normalized spacial score (nSPS) is 22.7. The van der Waals surface area contributed by atoms with Crippen molar-refractivity contribution in [3.05, 3.63) is 77.6 Å². The topological polar surface area (TPSA) is 165 Å². The van der Waals surface area contributed by atoms with Gasteiger partial charge in [0.1, 0.15) is 18.1 Å². The Morgan fingerprint density at radius 3 is 2.60 bits per heavy atom. The molecule has 0 aliphatic carbocycles. The van der Waals surface area contributed by atoms with E-state index in [1.807, 2.05) is 25.1 Å². The van der Waals surface area contributed by atoms with E-state index in [4.69, 9.17) is 19.2 Å². The number of cyclic esters (lactones) is 1. The molecule has 4 amide bonds. The number of amides is 4. The molecule has 6 bridgehead atoms. The number of pyridine rings is 1. The molecule has 68 heavy (non-hydrogen) atoms. The fourth-order valence-electron chi connectivity index (χ4n) is 10.4. The van der Waals surface area contributed by atoms with Crippen molar-refractivity contribution < 1.29 is 38.2 Å². The highest BCUT2D eigenvalue weighted by Crippen LogP contribution is 2.42. The number of hydrazine groups is 1. The second-order valence-corrected chi connectivity index (χ2v) is 19.4. The van der Waals surface area contributed by atoms with Gasteiger partial charge in [-0.3, -0.25) is 34.0 Å². The van der Waals surface area contributed by atoms with Crippen molar-refractivity contribution >= 4 is 40.5 Å². The smallest absolute Gasteiger partial charge is 0.324 e. The van der Waals surface area contributed by atoms with Crippen LogP contribution in [0.1, 0.15) is 89.6 Å². The molecule has 6 heterocycles. The van der Waals surface area contributed by atoms with E-state index >= 15 is 0 Å². The van der Waals surface area contributed by atoms with Crippen LogP contribution in [0.3, 0.4) is 0 Å². The van der Waals surface area contributed by atoms with Crippen molar-refractivity contribution in [2.75, 3.05) is 47.0 Å². The summed E-state index contributed by atoms with van der Waals surface area (Å²) in [5, 5.41) is 5.58. The predicted octanol–water partition coefficient (Wildman–Crippen LogP) is 5.62. The molecule has 2 unspecified atom stereocenters. The molecule has 15 nitrogen and oxygen atoms in total. The first-order chi connectivity index (χ1) is 32.7. The van der Waals surface area contributed by atoms with E-state index in [-0.39, 0.29) is 37.5 Å². The van der Waals surface area contributed by atoms with Crippen molar-refractivity contribution in [3.8, 4) is 34.2 Å². The average molecular weight is 928 g/mol. The van der Waals surface area contributed by atoms with E-state index in [1.165, 1.54) is 9.91 Å². The summed E-state index contributed by atoms with van der Waals surface area (Å²) < 4.78 is 20.4. The zero-order valence-electron chi connectivity index (χ0n) is 40.4. The Morgan fingerprint density at radius 2 is 1.85 bits per heavy atom. The number of nitrogens with zero attached hydrogens (tertiary/aromatic N) is 5. The number of likely N-dealkylation sites (tertiary alicyclic amines) is 1. The summed E-state index contributed by atoms with van der Waals surface area (Å²) >= 11 is 0. The molecule has 0 radical (unpaired) electrons. The summed E-state index contributed by atoms with van der Waals surface area (Å²) in [5.74, 6) is 2.66. The minimum absolute atomic E-state index is 0.124. The van der Waals surface area contributed by atoms with Gasteiger partial charge in [-0.2, -0.15) is 0 Å². The molecule has 4 aliphatic heterocycles. The highest BCUT2D eigenvalue weighted by molar-refractivity contribution is 5.97. The third-order valence-corrected chi connectivity index (χ3v) is 14.0. The van der Waals surface area contributed by atoms with E-state index in [1.54, 1.807) is 32.2 Å². The minimum Gasteiger partial charge on any atom is -0.464 e. The zero-order valence-corrected chi connectivity index (χ0v) is 40.4. The molecule has 360 valence electrons. The van der Waals surface area contributed by atoms with E-state index in [0.717, 1.165) is 50.1 Å². The molecule has 0 saturated carbocycles. The molecule has 3 saturated heterocycles. The SMILES string of the molecule is CC#CC(=O)N1CC[C@H](C(=O)N(C)C(C(=O)N[C@H]2Cc3cccc(c3)-c3ccc4c(c3)c(c(-c3cccnc3[C@H](C)OC)n4CC)CC(C)(C)COC(=O)[C@@H]3CCCN(N3)C2=O)C2CCCO2)C1. The molecular weight excluding hydrogens is 863 g/mol. The Kier molecular flexibility index (Phi) is 14.7. The van der Waals surface area contributed by atoms with E-state index in [0.29, 0.717) is 64.8 Å². The lowest BCUT2D eigenvalue weighted by atomic mass is 9.84. The number of rotatable bonds is 9. The number of carbonyl (C=O) groups excluding carboxylic acids is 5. The summed E-state index contributed by atoms with van der Waals surface area (Å²) in [4.78, 5) is 78.1. The average Bonchev–Trinajstić information content (AvgIpc) is 4.13. The van der Waals surface area contributed by atoms with Crippen LogP contribution in [-0.4, -0.2) is 125 Å².